The lowest BCUT2D eigenvalue weighted by Gasteiger charge is -2.34. The highest BCUT2D eigenvalue weighted by atomic mass is 35.5. The van der Waals surface area contributed by atoms with Crippen molar-refractivity contribution in [2.24, 2.45) is 5.73 Å². The molecule has 0 unspecified atom stereocenters. The summed E-state index contributed by atoms with van der Waals surface area (Å²) in [7, 11) is 2.15. The molecule has 4 N–H and O–H groups in total. The molecule has 6 rings (SSSR count). The van der Waals surface area contributed by atoms with E-state index in [1.165, 1.54) is 5.69 Å². The van der Waals surface area contributed by atoms with Crippen LogP contribution in [0.4, 0.5) is 5.69 Å². The minimum absolute atomic E-state index is 0.0100. The number of fused-ring (bicyclic) bond motifs is 2. The van der Waals surface area contributed by atoms with Crippen molar-refractivity contribution in [2.75, 3.05) is 43.6 Å². The molecule has 9 heteroatoms. The fourth-order valence-electron chi connectivity index (χ4n) is 5.46. The van der Waals surface area contributed by atoms with E-state index in [-0.39, 0.29) is 17.6 Å². The Morgan fingerprint density at radius 3 is 2.67 bits per heavy atom. The summed E-state index contributed by atoms with van der Waals surface area (Å²) < 4.78 is 1.64. The maximum atomic E-state index is 13.8. The number of hydrogen-bond donors (Lipinski definition) is 3. The van der Waals surface area contributed by atoms with Gasteiger partial charge in [0.25, 0.3) is 5.56 Å². The van der Waals surface area contributed by atoms with Gasteiger partial charge in [-0.3, -0.25) is 4.79 Å². The first-order valence-electron chi connectivity index (χ1n) is 12.8. The number of piperazine rings is 1. The summed E-state index contributed by atoms with van der Waals surface area (Å²) in [6, 6.07) is 13.8. The maximum absolute atomic E-state index is 13.8. The summed E-state index contributed by atoms with van der Waals surface area (Å²) in [4.78, 5) is 26.8. The molecule has 3 heterocycles. The summed E-state index contributed by atoms with van der Waals surface area (Å²) in [5.74, 6) is 0.552. The SMILES string of the molecule is CN1CCN(c2ccc3nc(-c4cc5cc(Cl)ccc5n(N[C@@H]5CCCC[C@H]5N)c4=O)[nH]c3c2)CC1. The zero-order valence-corrected chi connectivity index (χ0v) is 21.3. The number of aromatic nitrogens is 3. The molecule has 36 heavy (non-hydrogen) atoms. The second-order valence-corrected chi connectivity index (χ2v) is 10.6. The third kappa shape index (κ3) is 4.34. The van der Waals surface area contributed by atoms with Crippen LogP contribution in [0.25, 0.3) is 33.3 Å². The summed E-state index contributed by atoms with van der Waals surface area (Å²) in [5, 5.41) is 1.49. The Morgan fingerprint density at radius 1 is 1.06 bits per heavy atom. The van der Waals surface area contributed by atoms with Gasteiger partial charge in [-0.15, -0.1) is 0 Å². The number of halogens is 1. The van der Waals surface area contributed by atoms with Gasteiger partial charge in [-0.1, -0.05) is 24.4 Å². The fraction of sp³-hybridized carbons (Fsp3) is 0.407. The average Bonchev–Trinajstić information content (AvgIpc) is 3.30. The minimum Gasteiger partial charge on any atom is -0.369 e. The van der Waals surface area contributed by atoms with E-state index in [4.69, 9.17) is 22.3 Å². The number of nitrogens with two attached hydrogens (primary N) is 1. The van der Waals surface area contributed by atoms with Crippen molar-refractivity contribution < 1.29 is 0 Å². The zero-order valence-electron chi connectivity index (χ0n) is 20.5. The molecular weight excluding hydrogens is 474 g/mol. The Hall–Kier alpha value is -3.07. The number of likely N-dealkylation sites (N-methyl/N-ethyl adjacent to an activating group) is 1. The number of nitrogens with zero attached hydrogens (tertiary/aromatic N) is 4. The van der Waals surface area contributed by atoms with Crippen LogP contribution < -0.4 is 21.6 Å². The van der Waals surface area contributed by atoms with Gasteiger partial charge in [0.05, 0.1) is 28.2 Å². The van der Waals surface area contributed by atoms with Gasteiger partial charge < -0.3 is 25.9 Å². The minimum atomic E-state index is -0.152. The van der Waals surface area contributed by atoms with Gasteiger partial charge >= 0.3 is 0 Å². The van der Waals surface area contributed by atoms with Crippen LogP contribution in [0.3, 0.4) is 0 Å². The van der Waals surface area contributed by atoms with Crippen molar-refractivity contribution >= 4 is 39.2 Å². The van der Waals surface area contributed by atoms with Crippen molar-refractivity contribution in [3.63, 3.8) is 0 Å². The monoisotopic (exact) mass is 505 g/mol. The molecule has 1 aliphatic heterocycles. The van der Waals surface area contributed by atoms with Gasteiger partial charge in [0.15, 0.2) is 0 Å². The van der Waals surface area contributed by atoms with Crippen molar-refractivity contribution in [3.05, 3.63) is 57.8 Å². The van der Waals surface area contributed by atoms with Gasteiger partial charge in [-0.25, -0.2) is 9.66 Å². The first kappa shape index (κ1) is 23.3. The van der Waals surface area contributed by atoms with Crippen LogP contribution in [0, 0.1) is 0 Å². The van der Waals surface area contributed by atoms with E-state index < -0.39 is 0 Å². The largest absolute Gasteiger partial charge is 0.369 e. The first-order chi connectivity index (χ1) is 17.5. The number of benzene rings is 2. The zero-order chi connectivity index (χ0) is 24.8. The highest BCUT2D eigenvalue weighted by molar-refractivity contribution is 6.31. The Kier molecular flexibility index (Phi) is 6.11. The topological polar surface area (TPSA) is 95.2 Å². The summed E-state index contributed by atoms with van der Waals surface area (Å²) in [6.45, 7) is 4.08. The molecule has 0 radical (unpaired) electrons. The van der Waals surface area contributed by atoms with Gasteiger partial charge in [0.1, 0.15) is 5.82 Å². The van der Waals surface area contributed by atoms with E-state index >= 15 is 0 Å². The number of imidazole rings is 1. The van der Waals surface area contributed by atoms with Gasteiger partial charge in [-0.05, 0) is 62.4 Å². The van der Waals surface area contributed by atoms with E-state index in [9.17, 15) is 4.79 Å². The molecule has 2 atom stereocenters. The molecule has 4 aromatic rings. The van der Waals surface area contributed by atoms with E-state index in [1.54, 1.807) is 4.68 Å². The van der Waals surface area contributed by atoms with Crippen LogP contribution in [0.1, 0.15) is 25.7 Å². The van der Waals surface area contributed by atoms with Crippen molar-refractivity contribution in [2.45, 2.75) is 37.8 Å². The van der Waals surface area contributed by atoms with Crippen LogP contribution in [0.15, 0.2) is 47.3 Å². The molecule has 0 bridgehead atoms. The third-order valence-corrected chi connectivity index (χ3v) is 7.90. The van der Waals surface area contributed by atoms with Crippen molar-refractivity contribution in [1.82, 2.24) is 19.5 Å². The van der Waals surface area contributed by atoms with Crippen LogP contribution in [0.2, 0.25) is 5.02 Å². The number of rotatable bonds is 4. The van der Waals surface area contributed by atoms with E-state index in [2.05, 4.69) is 39.4 Å². The molecule has 2 fully saturated rings. The van der Waals surface area contributed by atoms with E-state index in [0.29, 0.717) is 16.4 Å². The molecule has 188 valence electrons. The van der Waals surface area contributed by atoms with Gasteiger partial charge in [0, 0.05) is 48.3 Å². The predicted octanol–water partition coefficient (Wildman–Crippen LogP) is 3.76. The molecule has 2 aromatic carbocycles. The normalized spacial score (nSPS) is 21.4. The van der Waals surface area contributed by atoms with E-state index in [1.807, 2.05) is 30.3 Å². The molecule has 1 saturated carbocycles. The predicted molar refractivity (Wildman–Crippen MR) is 148 cm³/mol. The van der Waals surface area contributed by atoms with Crippen LogP contribution in [-0.4, -0.2) is 64.9 Å². The molecule has 1 saturated heterocycles. The summed E-state index contributed by atoms with van der Waals surface area (Å²) >= 11 is 6.33. The Bertz CT molecular complexity index is 1470. The van der Waals surface area contributed by atoms with Crippen LogP contribution >= 0.6 is 11.6 Å². The standard InChI is InChI=1S/C27H32ClN7O/c1-33-10-12-34(13-11-33)19-7-8-23-24(16-19)31-26(30-23)20-15-17-14-18(28)6-9-25(17)35(27(20)36)32-22-5-3-2-4-21(22)29/h6-9,14-16,21-22,32H,2-5,10-13,29H2,1H3,(H,30,31)/t21-,22-/m1/s1. The van der Waals surface area contributed by atoms with Gasteiger partial charge in [0.2, 0.25) is 0 Å². The van der Waals surface area contributed by atoms with Crippen LogP contribution in [0.5, 0.6) is 0 Å². The quantitative estimate of drug-likeness (QED) is 0.391. The molecule has 2 aromatic heterocycles. The first-order valence-corrected chi connectivity index (χ1v) is 13.2. The van der Waals surface area contributed by atoms with Crippen molar-refractivity contribution in [1.29, 1.82) is 0 Å². The molecule has 8 nitrogen and oxygen atoms in total. The molecular formula is C27H32ClN7O. The number of anilines is 1. The average molecular weight is 506 g/mol. The maximum Gasteiger partial charge on any atom is 0.280 e. The smallest absolute Gasteiger partial charge is 0.280 e. The van der Waals surface area contributed by atoms with Crippen LogP contribution in [-0.2, 0) is 0 Å². The van der Waals surface area contributed by atoms with E-state index in [0.717, 1.165) is 73.8 Å². The Morgan fingerprint density at radius 2 is 1.86 bits per heavy atom. The summed E-state index contributed by atoms with van der Waals surface area (Å²) in [5.41, 5.74) is 13.9. The number of nitrogens with one attached hydrogen (secondary N) is 2. The fourth-order valence-corrected chi connectivity index (χ4v) is 5.64. The molecule has 1 aliphatic carbocycles. The van der Waals surface area contributed by atoms with Gasteiger partial charge in [-0.2, -0.15) is 0 Å². The Labute approximate surface area is 215 Å². The highest BCUT2D eigenvalue weighted by Gasteiger charge is 2.24. The lowest BCUT2D eigenvalue weighted by atomic mass is 9.91. The molecule has 0 spiro atoms. The number of pyridine rings is 1. The molecule has 2 aliphatic rings. The third-order valence-electron chi connectivity index (χ3n) is 7.67. The number of aromatic amines is 1. The highest BCUT2D eigenvalue weighted by Crippen LogP contribution is 2.27. The Balaban J connectivity index is 1.42. The molecule has 0 amide bonds. The van der Waals surface area contributed by atoms with Crippen molar-refractivity contribution in [3.8, 4) is 11.4 Å². The lowest BCUT2D eigenvalue weighted by Crippen LogP contribution is -2.48. The lowest BCUT2D eigenvalue weighted by molar-refractivity contribution is 0.313. The second kappa shape index (κ2) is 9.42. The number of H-pyrrole nitrogens is 1. The summed E-state index contributed by atoms with van der Waals surface area (Å²) in [6.07, 6.45) is 4.12. The number of hydrogen-bond acceptors (Lipinski definition) is 6. The second-order valence-electron chi connectivity index (χ2n) is 10.2.